The van der Waals surface area contributed by atoms with E-state index in [9.17, 15) is 14.9 Å². The molecule has 0 radical (unpaired) electrons. The van der Waals surface area contributed by atoms with Gasteiger partial charge in [-0.1, -0.05) is 34.7 Å². The van der Waals surface area contributed by atoms with Crippen LogP contribution in [0.1, 0.15) is 6.92 Å². The predicted molar refractivity (Wildman–Crippen MR) is 82.0 cm³/mol. The number of rotatable bonds is 5. The van der Waals surface area contributed by atoms with E-state index in [0.29, 0.717) is 4.34 Å². The zero-order chi connectivity index (χ0) is 15.4. The minimum atomic E-state index is -0.550. The Morgan fingerprint density at radius 1 is 1.57 bits per heavy atom. The van der Waals surface area contributed by atoms with Gasteiger partial charge < -0.3 is 5.32 Å². The van der Waals surface area contributed by atoms with Crippen LogP contribution in [-0.4, -0.2) is 26.3 Å². The minimum Gasteiger partial charge on any atom is -0.324 e. The molecule has 0 saturated carbocycles. The second kappa shape index (κ2) is 6.83. The molecule has 0 fully saturated rings. The standard InChI is InChI=1S/C11H9ClN4O3S2/c1-6(21-11-15-13-5-20-11)10(17)14-9-4-7(16(18)19)2-3-8(9)12/h2-6H,1H3,(H,14,17)/t6-/m0/s1. The number of hydrogen-bond donors (Lipinski definition) is 1. The molecule has 10 heteroatoms. The van der Waals surface area contributed by atoms with E-state index in [1.54, 1.807) is 12.4 Å². The molecule has 1 aromatic heterocycles. The molecule has 0 aliphatic heterocycles. The third-order valence-electron chi connectivity index (χ3n) is 2.41. The Kier molecular flexibility index (Phi) is 5.10. The molecule has 2 aromatic rings. The zero-order valence-corrected chi connectivity index (χ0v) is 13.0. The van der Waals surface area contributed by atoms with Crippen molar-refractivity contribution in [3.8, 4) is 0 Å². The molecule has 0 aliphatic carbocycles. The number of anilines is 1. The Labute approximate surface area is 132 Å². The van der Waals surface area contributed by atoms with Gasteiger partial charge in [-0.2, -0.15) is 0 Å². The number of nitro benzene ring substituents is 1. The molecule has 1 heterocycles. The number of aromatic nitrogens is 2. The number of nitro groups is 1. The van der Waals surface area contributed by atoms with Crippen LogP contribution in [0, 0.1) is 10.1 Å². The summed E-state index contributed by atoms with van der Waals surface area (Å²) in [4.78, 5) is 22.2. The number of amides is 1. The number of halogens is 1. The van der Waals surface area contributed by atoms with Gasteiger partial charge in [0.1, 0.15) is 5.51 Å². The molecule has 0 spiro atoms. The first-order chi connectivity index (χ1) is 9.97. The summed E-state index contributed by atoms with van der Waals surface area (Å²) in [5.41, 5.74) is 1.64. The van der Waals surface area contributed by atoms with Crippen LogP contribution in [0.4, 0.5) is 11.4 Å². The molecular weight excluding hydrogens is 336 g/mol. The lowest BCUT2D eigenvalue weighted by Crippen LogP contribution is -2.22. The maximum atomic E-state index is 12.1. The Bertz CT molecular complexity index is 665. The largest absolute Gasteiger partial charge is 0.324 e. The van der Waals surface area contributed by atoms with Crippen LogP contribution in [0.2, 0.25) is 5.02 Å². The Hall–Kier alpha value is -1.71. The predicted octanol–water partition coefficient (Wildman–Crippen LogP) is 3.22. The molecule has 21 heavy (non-hydrogen) atoms. The lowest BCUT2D eigenvalue weighted by molar-refractivity contribution is -0.384. The Morgan fingerprint density at radius 3 is 2.95 bits per heavy atom. The molecule has 7 nitrogen and oxygen atoms in total. The number of benzene rings is 1. The highest BCUT2D eigenvalue weighted by Gasteiger charge is 2.18. The first-order valence-corrected chi connectivity index (χ1v) is 7.78. The normalized spacial score (nSPS) is 11.9. The van der Waals surface area contributed by atoms with Crippen molar-refractivity contribution in [3.05, 3.63) is 38.8 Å². The Morgan fingerprint density at radius 2 is 2.33 bits per heavy atom. The fourth-order valence-corrected chi connectivity index (χ4v) is 3.17. The van der Waals surface area contributed by atoms with Gasteiger partial charge in [0.15, 0.2) is 4.34 Å². The quantitative estimate of drug-likeness (QED) is 0.508. The van der Waals surface area contributed by atoms with E-state index in [-0.39, 0.29) is 22.3 Å². The minimum absolute atomic E-state index is 0.140. The first kappa shape index (κ1) is 15.7. The van der Waals surface area contributed by atoms with E-state index < -0.39 is 10.2 Å². The van der Waals surface area contributed by atoms with Crippen LogP contribution in [0.3, 0.4) is 0 Å². The van der Waals surface area contributed by atoms with Gasteiger partial charge in [0.25, 0.3) is 5.69 Å². The zero-order valence-electron chi connectivity index (χ0n) is 10.6. The van der Waals surface area contributed by atoms with Crippen LogP contribution in [0.15, 0.2) is 28.0 Å². The van der Waals surface area contributed by atoms with Gasteiger partial charge in [-0.05, 0) is 13.0 Å². The summed E-state index contributed by atoms with van der Waals surface area (Å²) in [5.74, 6) is -0.322. The van der Waals surface area contributed by atoms with Crippen molar-refractivity contribution in [3.63, 3.8) is 0 Å². The molecule has 0 aliphatic rings. The van der Waals surface area contributed by atoms with E-state index in [1.165, 1.54) is 41.3 Å². The topological polar surface area (TPSA) is 98.0 Å². The summed E-state index contributed by atoms with van der Waals surface area (Å²) in [6, 6.07) is 3.87. The molecule has 2 rings (SSSR count). The highest BCUT2D eigenvalue weighted by Crippen LogP contribution is 2.29. The summed E-state index contributed by atoms with van der Waals surface area (Å²) in [6.45, 7) is 1.70. The molecule has 1 aromatic carbocycles. The van der Waals surface area contributed by atoms with Crippen molar-refractivity contribution in [2.45, 2.75) is 16.5 Å². The molecule has 1 N–H and O–H groups in total. The molecule has 1 amide bonds. The smallest absolute Gasteiger partial charge is 0.271 e. The maximum absolute atomic E-state index is 12.1. The van der Waals surface area contributed by atoms with E-state index >= 15 is 0 Å². The van der Waals surface area contributed by atoms with Crippen molar-refractivity contribution in [1.29, 1.82) is 0 Å². The monoisotopic (exact) mass is 344 g/mol. The van der Waals surface area contributed by atoms with Gasteiger partial charge in [-0.3, -0.25) is 14.9 Å². The van der Waals surface area contributed by atoms with Gasteiger partial charge in [-0.15, -0.1) is 10.2 Å². The third kappa shape index (κ3) is 4.13. The summed E-state index contributed by atoms with van der Waals surface area (Å²) in [7, 11) is 0. The number of carbonyl (C=O) groups excluding carboxylic acids is 1. The number of nitrogens with one attached hydrogen (secondary N) is 1. The SMILES string of the molecule is C[C@H](Sc1nncs1)C(=O)Nc1cc([N+](=O)[O-])ccc1Cl. The van der Waals surface area contributed by atoms with Crippen molar-refractivity contribution >= 4 is 52.0 Å². The van der Waals surface area contributed by atoms with Crippen molar-refractivity contribution in [1.82, 2.24) is 10.2 Å². The molecule has 0 bridgehead atoms. The van der Waals surface area contributed by atoms with E-state index in [1.807, 2.05) is 0 Å². The number of hydrogen-bond acceptors (Lipinski definition) is 7. The first-order valence-electron chi connectivity index (χ1n) is 5.65. The van der Waals surface area contributed by atoms with Gasteiger partial charge in [0.2, 0.25) is 5.91 Å². The summed E-state index contributed by atoms with van der Waals surface area (Å²) in [5, 5.41) is 20.6. The highest BCUT2D eigenvalue weighted by molar-refractivity contribution is 8.02. The van der Waals surface area contributed by atoms with Gasteiger partial charge >= 0.3 is 0 Å². The number of non-ortho nitro benzene ring substituents is 1. The maximum Gasteiger partial charge on any atom is 0.271 e. The van der Waals surface area contributed by atoms with Crippen LogP contribution < -0.4 is 5.32 Å². The van der Waals surface area contributed by atoms with Crippen LogP contribution in [-0.2, 0) is 4.79 Å². The summed E-state index contributed by atoms with van der Waals surface area (Å²) in [6.07, 6.45) is 0. The average molecular weight is 345 g/mol. The lowest BCUT2D eigenvalue weighted by atomic mass is 10.2. The Balaban J connectivity index is 2.08. The third-order valence-corrected chi connectivity index (χ3v) is 4.65. The lowest BCUT2D eigenvalue weighted by Gasteiger charge is -2.11. The number of carbonyl (C=O) groups is 1. The van der Waals surface area contributed by atoms with Crippen molar-refractivity contribution in [2.24, 2.45) is 0 Å². The summed E-state index contributed by atoms with van der Waals surface area (Å²) < 4.78 is 0.669. The number of thioether (sulfide) groups is 1. The van der Waals surface area contributed by atoms with Crippen molar-refractivity contribution in [2.75, 3.05) is 5.32 Å². The average Bonchev–Trinajstić information content (AvgIpc) is 2.93. The van der Waals surface area contributed by atoms with Crippen LogP contribution in [0.5, 0.6) is 0 Å². The van der Waals surface area contributed by atoms with Crippen molar-refractivity contribution < 1.29 is 9.72 Å². The van der Waals surface area contributed by atoms with Crippen LogP contribution in [0.25, 0.3) is 0 Å². The summed E-state index contributed by atoms with van der Waals surface area (Å²) >= 11 is 8.51. The second-order valence-corrected chi connectivity index (χ2v) is 6.70. The highest BCUT2D eigenvalue weighted by atomic mass is 35.5. The van der Waals surface area contributed by atoms with Crippen LogP contribution >= 0.6 is 34.7 Å². The van der Waals surface area contributed by atoms with Gasteiger partial charge in [0, 0.05) is 12.1 Å². The van der Waals surface area contributed by atoms with Gasteiger partial charge in [0.05, 0.1) is 20.9 Å². The van der Waals surface area contributed by atoms with Gasteiger partial charge in [-0.25, -0.2) is 0 Å². The fraction of sp³-hybridized carbons (Fsp3) is 0.182. The fourth-order valence-electron chi connectivity index (χ4n) is 1.38. The van der Waals surface area contributed by atoms with E-state index in [0.717, 1.165) is 0 Å². The molecule has 0 saturated heterocycles. The van der Waals surface area contributed by atoms with E-state index in [2.05, 4.69) is 15.5 Å². The molecule has 110 valence electrons. The number of nitrogens with zero attached hydrogens (tertiary/aromatic N) is 3. The molecule has 1 atom stereocenters. The molecule has 0 unspecified atom stereocenters. The van der Waals surface area contributed by atoms with E-state index in [4.69, 9.17) is 11.6 Å². The molecular formula is C11H9ClN4O3S2. The second-order valence-electron chi connectivity index (χ2n) is 3.88.